The summed E-state index contributed by atoms with van der Waals surface area (Å²) in [5.41, 5.74) is -7.34. The number of hydrogen-bond donors (Lipinski definition) is 4. The van der Waals surface area contributed by atoms with Crippen LogP contribution < -0.4 is 5.32 Å². The molecule has 7 rings (SSSR count). The zero-order chi connectivity index (χ0) is 45.8. The van der Waals surface area contributed by atoms with Crippen molar-refractivity contribution >= 4 is 47.2 Å². The molecule has 11 atom stereocenters. The molecule has 4 aliphatic rings. The van der Waals surface area contributed by atoms with Gasteiger partial charge in [0.2, 0.25) is 0 Å². The van der Waals surface area contributed by atoms with E-state index in [1.807, 2.05) is 0 Å². The number of carbonyl (C=O) groups is 6. The highest BCUT2D eigenvalue weighted by Gasteiger charge is 2.78. The van der Waals surface area contributed by atoms with Crippen molar-refractivity contribution in [1.29, 1.82) is 0 Å². The van der Waals surface area contributed by atoms with E-state index < -0.39 is 113 Å². The van der Waals surface area contributed by atoms with Gasteiger partial charge in [-0.25, -0.2) is 9.59 Å². The van der Waals surface area contributed by atoms with Crippen LogP contribution in [0.15, 0.2) is 96.1 Å². The van der Waals surface area contributed by atoms with Crippen molar-refractivity contribution in [2.24, 2.45) is 16.7 Å². The second kappa shape index (κ2) is 16.9. The lowest BCUT2D eigenvalue weighted by Gasteiger charge is -2.67. The number of carbonyl (C=O) groups excluding carboxylic acids is 6. The van der Waals surface area contributed by atoms with Gasteiger partial charge in [0.1, 0.15) is 23.9 Å². The van der Waals surface area contributed by atoms with Crippen molar-refractivity contribution < 1.29 is 67.8 Å². The molecular weight excluding hydrogens is 838 g/mol. The summed E-state index contributed by atoms with van der Waals surface area (Å²) >= 11 is 6.31. The van der Waals surface area contributed by atoms with E-state index in [1.165, 1.54) is 38.1 Å². The molecule has 2 saturated carbocycles. The van der Waals surface area contributed by atoms with Crippen molar-refractivity contribution in [1.82, 2.24) is 5.32 Å². The van der Waals surface area contributed by atoms with Crippen LogP contribution in [0.1, 0.15) is 86.7 Å². The molecule has 1 heterocycles. The number of fused-ring (bicyclic) bond motifs is 5. The van der Waals surface area contributed by atoms with Gasteiger partial charge >= 0.3 is 23.9 Å². The topological polar surface area (TPSA) is 221 Å². The summed E-state index contributed by atoms with van der Waals surface area (Å²) in [5.74, 6) is -7.04. The maximum atomic E-state index is 15.5. The molecule has 1 aliphatic heterocycles. The average Bonchev–Trinajstić information content (AvgIpc) is 3.24. The monoisotopic (exact) mass is 887 g/mol. The Hall–Kier alpha value is -5.45. The molecule has 3 aromatic carbocycles. The van der Waals surface area contributed by atoms with E-state index in [2.05, 4.69) is 5.32 Å². The summed E-state index contributed by atoms with van der Waals surface area (Å²) in [5, 5.41) is 40.4. The molecule has 0 unspecified atom stereocenters. The molecule has 2 bridgehead atoms. The minimum atomic E-state index is -2.41. The number of esters is 4. The maximum absolute atomic E-state index is 15.5. The zero-order valence-electron chi connectivity index (χ0n) is 35.5. The normalized spacial score (nSPS) is 31.6. The number of rotatable bonds is 10. The van der Waals surface area contributed by atoms with Gasteiger partial charge in [-0.15, -0.1) is 0 Å². The first-order valence-electron chi connectivity index (χ1n) is 20.6. The molecule has 3 fully saturated rings. The third-order valence-electron chi connectivity index (χ3n) is 13.6. The molecular formula is C47H50ClNO14. The van der Waals surface area contributed by atoms with Crippen LogP contribution in [0.5, 0.6) is 0 Å². The first kappa shape index (κ1) is 45.6. The number of Topliss-reactive ketones (excluding diaryl/α,β-unsaturated/α-hetero) is 1. The second-order valence-corrected chi connectivity index (χ2v) is 17.9. The van der Waals surface area contributed by atoms with E-state index >= 15 is 4.79 Å². The highest BCUT2D eigenvalue weighted by Crippen LogP contribution is 2.64. The van der Waals surface area contributed by atoms with Gasteiger partial charge in [-0.05, 0) is 54.8 Å². The molecule has 0 spiro atoms. The Morgan fingerprint density at radius 3 is 2.08 bits per heavy atom. The van der Waals surface area contributed by atoms with Gasteiger partial charge in [0, 0.05) is 32.1 Å². The predicted molar refractivity (Wildman–Crippen MR) is 223 cm³/mol. The highest BCUT2D eigenvalue weighted by atomic mass is 35.5. The Kier molecular flexibility index (Phi) is 12.2. The summed E-state index contributed by atoms with van der Waals surface area (Å²) < 4.78 is 30.3. The van der Waals surface area contributed by atoms with E-state index in [1.54, 1.807) is 74.5 Å². The van der Waals surface area contributed by atoms with Crippen molar-refractivity contribution in [2.45, 2.75) is 108 Å². The Bertz CT molecular complexity index is 2350. The largest absolute Gasteiger partial charge is 0.456 e. The second-order valence-electron chi connectivity index (χ2n) is 17.5. The first-order chi connectivity index (χ1) is 29.7. The van der Waals surface area contributed by atoms with E-state index in [9.17, 15) is 39.3 Å². The van der Waals surface area contributed by atoms with Crippen LogP contribution in [-0.2, 0) is 42.9 Å². The number of nitrogens with one attached hydrogen (secondary N) is 1. The van der Waals surface area contributed by atoms with Gasteiger partial charge in [0.25, 0.3) is 5.91 Å². The van der Waals surface area contributed by atoms with Gasteiger partial charge in [-0.3, -0.25) is 19.2 Å². The maximum Gasteiger partial charge on any atom is 0.338 e. The minimum absolute atomic E-state index is 0.0171. The third-order valence-corrected chi connectivity index (χ3v) is 13.9. The summed E-state index contributed by atoms with van der Waals surface area (Å²) in [7, 11) is 0. The average molecular weight is 888 g/mol. The number of aliphatic hydroxyl groups excluding tert-OH is 2. The highest BCUT2D eigenvalue weighted by molar-refractivity contribution is 6.33. The quantitative estimate of drug-likeness (QED) is 0.126. The molecule has 3 aliphatic carbocycles. The number of ketones is 1. The zero-order valence-corrected chi connectivity index (χ0v) is 36.3. The van der Waals surface area contributed by atoms with Gasteiger partial charge in [0.15, 0.2) is 23.6 Å². The lowest BCUT2D eigenvalue weighted by atomic mass is 9.44. The van der Waals surface area contributed by atoms with E-state index in [-0.39, 0.29) is 40.3 Å². The molecule has 15 nitrogen and oxygen atoms in total. The Morgan fingerprint density at radius 1 is 0.873 bits per heavy atom. The first-order valence-corrected chi connectivity index (χ1v) is 21.0. The van der Waals surface area contributed by atoms with Crippen molar-refractivity contribution in [3.63, 3.8) is 0 Å². The predicted octanol–water partition coefficient (Wildman–Crippen LogP) is 4.39. The molecule has 16 heteroatoms. The van der Waals surface area contributed by atoms with Crippen LogP contribution in [-0.4, -0.2) is 105 Å². The van der Waals surface area contributed by atoms with Gasteiger partial charge in [-0.1, -0.05) is 86.1 Å². The van der Waals surface area contributed by atoms with Crippen LogP contribution in [0, 0.1) is 16.7 Å². The van der Waals surface area contributed by atoms with E-state index in [4.69, 9.17) is 35.3 Å². The number of ether oxygens (including phenoxy) is 5. The van der Waals surface area contributed by atoms with Crippen molar-refractivity contribution in [3.8, 4) is 0 Å². The fourth-order valence-corrected chi connectivity index (χ4v) is 10.5. The SMILES string of the molecule is CC(=O)O[C@H]1C(=O)[C@@]2(C)[C@H]([C@H](OC(=O)c3ccccc3)[C@]3(O)C[C@H](OC(=O)[C@H](O)[C@@H](NC(=O)c4ccccc4Cl)c4ccccc4)C(C)=C1C3(C)C)[C@]1(OC(C)=O)CO[C@@H]1C[C@@H]2O. The molecule has 1 saturated heterocycles. The molecule has 1 amide bonds. The van der Waals surface area contributed by atoms with Crippen LogP contribution in [0.4, 0.5) is 0 Å². The lowest BCUT2D eigenvalue weighted by Crippen LogP contribution is -2.82. The molecule has 0 aromatic heterocycles. The summed E-state index contributed by atoms with van der Waals surface area (Å²) in [4.78, 5) is 83.7. The number of hydrogen-bond acceptors (Lipinski definition) is 14. The number of aliphatic hydroxyl groups is 3. The minimum Gasteiger partial charge on any atom is -0.456 e. The van der Waals surface area contributed by atoms with E-state index in [0.29, 0.717) is 5.56 Å². The summed E-state index contributed by atoms with van der Waals surface area (Å²) in [6.07, 6.45) is -10.7. The Balaban J connectivity index is 1.39. The van der Waals surface area contributed by atoms with Gasteiger partial charge in [0.05, 0.1) is 46.2 Å². The number of benzene rings is 3. The smallest absolute Gasteiger partial charge is 0.338 e. The summed E-state index contributed by atoms with van der Waals surface area (Å²) in [6, 6.07) is 20.8. The molecule has 63 heavy (non-hydrogen) atoms. The van der Waals surface area contributed by atoms with Crippen LogP contribution >= 0.6 is 11.6 Å². The molecule has 0 radical (unpaired) electrons. The standard InChI is InChI=1S/C47H50ClNO14/c1-24-31(61-43(57)36(53)35(27-15-9-7-10-16-27)49-41(55)29-19-13-14-20-30(29)48)22-47(58)40(62-42(56)28-17-11-8-12-18-28)38-45(6,32(52)21-33-46(38,23-59-33)63-26(3)51)39(54)37(60-25(2)50)34(24)44(47,4)5/h7-20,31-33,35-38,40,52-53,58H,21-23H2,1-6H3,(H,49,55)/t31-,32-,33+,35-,36+,37+,38-,40-,45+,46-,47+/m0/s1. The van der Waals surface area contributed by atoms with Gasteiger partial charge in [-0.2, -0.15) is 0 Å². The van der Waals surface area contributed by atoms with E-state index in [0.717, 1.165) is 13.8 Å². The molecule has 334 valence electrons. The van der Waals surface area contributed by atoms with Gasteiger partial charge < -0.3 is 44.3 Å². The number of amides is 1. The summed E-state index contributed by atoms with van der Waals surface area (Å²) in [6.45, 7) is 7.92. The van der Waals surface area contributed by atoms with Crippen LogP contribution in [0.2, 0.25) is 5.02 Å². The Morgan fingerprint density at radius 2 is 1.49 bits per heavy atom. The lowest BCUT2D eigenvalue weighted by molar-refractivity contribution is -0.346. The Labute approximate surface area is 368 Å². The number of halogens is 1. The van der Waals surface area contributed by atoms with Crippen LogP contribution in [0.25, 0.3) is 0 Å². The van der Waals surface area contributed by atoms with Crippen LogP contribution in [0.3, 0.4) is 0 Å². The fourth-order valence-electron chi connectivity index (χ4n) is 10.2. The van der Waals surface area contributed by atoms with Crippen molar-refractivity contribution in [3.05, 3.63) is 118 Å². The molecule has 3 aromatic rings. The third kappa shape index (κ3) is 7.63. The fraction of sp³-hybridized carbons (Fsp3) is 0.447. The van der Waals surface area contributed by atoms with Crippen molar-refractivity contribution in [2.75, 3.05) is 6.61 Å². The molecule has 4 N–H and O–H groups in total.